The Labute approximate surface area is 187 Å². The summed E-state index contributed by atoms with van der Waals surface area (Å²) in [7, 11) is -3.33. The van der Waals surface area contributed by atoms with Gasteiger partial charge < -0.3 is 20.3 Å². The number of sulfone groups is 1. The van der Waals surface area contributed by atoms with Crippen LogP contribution in [0, 0.1) is 12.8 Å². The van der Waals surface area contributed by atoms with Crippen LogP contribution in [0.1, 0.15) is 32.3 Å². The van der Waals surface area contributed by atoms with Crippen LogP contribution in [0.15, 0.2) is 6.20 Å². The number of nitrogens with zero attached hydrogens (tertiary/aromatic N) is 2. The number of aromatic nitrogens is 2. The lowest BCUT2D eigenvalue weighted by atomic mass is 9.93. The molecule has 3 N–H and O–H groups in total. The van der Waals surface area contributed by atoms with Gasteiger partial charge in [0.05, 0.1) is 22.0 Å². The van der Waals surface area contributed by atoms with E-state index in [1.807, 2.05) is 4.90 Å². The zero-order valence-corrected chi connectivity index (χ0v) is 19.3. The van der Waals surface area contributed by atoms with Crippen LogP contribution in [0.25, 0.3) is 0 Å². The molecule has 2 atom stereocenters. The molecular weight excluding hydrogens is 475 g/mol. The summed E-state index contributed by atoms with van der Waals surface area (Å²) in [5.41, 5.74) is 0.693. The van der Waals surface area contributed by atoms with Crippen LogP contribution in [0.2, 0.25) is 10.0 Å². The number of hydrogen-bond donors (Lipinski definition) is 3. The van der Waals surface area contributed by atoms with Gasteiger partial charge in [0.1, 0.15) is 20.4 Å². The minimum Gasteiger partial charge on any atom is -0.477 e. The molecule has 9 nitrogen and oxygen atoms in total. The molecule has 0 spiro atoms. The Morgan fingerprint density at radius 2 is 2.10 bits per heavy atom. The van der Waals surface area contributed by atoms with Crippen molar-refractivity contribution in [2.24, 2.45) is 5.92 Å². The molecule has 0 aliphatic carbocycles. The van der Waals surface area contributed by atoms with Crippen LogP contribution >= 0.6 is 34.5 Å². The molecule has 1 fully saturated rings. The van der Waals surface area contributed by atoms with E-state index in [4.69, 9.17) is 28.3 Å². The number of thiazole rings is 1. The van der Waals surface area contributed by atoms with Crippen molar-refractivity contribution in [3.05, 3.63) is 32.5 Å². The molecule has 1 amide bonds. The molecule has 0 radical (unpaired) electrons. The highest BCUT2D eigenvalue weighted by atomic mass is 35.5. The lowest BCUT2D eigenvalue weighted by Crippen LogP contribution is -2.53. The first-order chi connectivity index (χ1) is 14.0. The first-order valence-corrected chi connectivity index (χ1v) is 12.6. The van der Waals surface area contributed by atoms with E-state index in [-0.39, 0.29) is 26.4 Å². The summed E-state index contributed by atoms with van der Waals surface area (Å²) in [5.74, 6) is -2.08. The number of carbonyl (C=O) groups excluding carboxylic acids is 1. The fraction of sp³-hybridized carbons (Fsp3) is 0.471. The highest BCUT2D eigenvalue weighted by Gasteiger charge is 2.34. The van der Waals surface area contributed by atoms with Crippen LogP contribution in [-0.4, -0.2) is 66.5 Å². The summed E-state index contributed by atoms with van der Waals surface area (Å²) < 4.78 is 23.9. The Morgan fingerprint density at radius 1 is 1.40 bits per heavy atom. The second-order valence-corrected chi connectivity index (χ2v) is 11.2. The van der Waals surface area contributed by atoms with Crippen molar-refractivity contribution >= 4 is 61.4 Å². The number of carboxylic acids is 1. The maximum Gasteiger partial charge on any atom is 0.347 e. The van der Waals surface area contributed by atoms with Gasteiger partial charge in [0.15, 0.2) is 5.13 Å². The fourth-order valence-electron chi connectivity index (χ4n) is 3.43. The monoisotopic (exact) mass is 494 g/mol. The third-order valence-electron chi connectivity index (χ3n) is 4.82. The number of amides is 1. The van der Waals surface area contributed by atoms with E-state index in [0.717, 1.165) is 17.6 Å². The Morgan fingerprint density at radius 3 is 2.63 bits per heavy atom. The lowest BCUT2D eigenvalue weighted by Gasteiger charge is -2.38. The topological polar surface area (TPSA) is 132 Å². The summed E-state index contributed by atoms with van der Waals surface area (Å²) in [6.07, 6.45) is 2.88. The molecule has 164 valence electrons. The SMILES string of the molecule is Cc1[nH]c(C(=O)NC2CCN(c3ncc(C(=O)O)s3)CC2CS(C)(=O)=O)c(Cl)c1Cl. The molecule has 3 heterocycles. The molecule has 1 aliphatic rings. The number of H-pyrrole nitrogens is 1. The van der Waals surface area contributed by atoms with Gasteiger partial charge in [-0.25, -0.2) is 18.2 Å². The maximum absolute atomic E-state index is 12.7. The predicted octanol–water partition coefficient (Wildman–Crippen LogP) is 2.45. The highest BCUT2D eigenvalue weighted by Crippen LogP contribution is 2.31. The number of rotatable bonds is 6. The van der Waals surface area contributed by atoms with E-state index in [1.165, 1.54) is 6.20 Å². The third kappa shape index (κ3) is 5.08. The summed E-state index contributed by atoms with van der Waals surface area (Å²) in [6.45, 7) is 2.48. The molecule has 13 heteroatoms. The summed E-state index contributed by atoms with van der Waals surface area (Å²) in [4.78, 5) is 32.8. The number of carbonyl (C=O) groups is 2. The van der Waals surface area contributed by atoms with Crippen molar-refractivity contribution in [2.75, 3.05) is 30.0 Å². The molecule has 0 aromatic carbocycles. The maximum atomic E-state index is 12.7. The number of aromatic amines is 1. The fourth-order valence-corrected chi connectivity index (χ4v) is 5.75. The van der Waals surface area contributed by atoms with Gasteiger partial charge in [0.2, 0.25) is 0 Å². The zero-order chi connectivity index (χ0) is 22.2. The van der Waals surface area contributed by atoms with Crippen LogP contribution in [0.5, 0.6) is 0 Å². The van der Waals surface area contributed by atoms with Crippen molar-refractivity contribution in [3.8, 4) is 0 Å². The standard InChI is InChI=1S/C17H20Cl2N4O5S2/c1-8-12(18)13(19)14(21-8)15(24)22-10-3-4-23(6-9(10)7-30(2,27)28)17-20-5-11(29-17)16(25)26/h5,9-10,21H,3-4,6-7H2,1-2H3,(H,22,24)(H,25,26). The molecular formula is C17H20Cl2N4O5S2. The van der Waals surface area contributed by atoms with Crippen molar-refractivity contribution in [2.45, 2.75) is 19.4 Å². The van der Waals surface area contributed by atoms with Gasteiger partial charge >= 0.3 is 5.97 Å². The summed E-state index contributed by atoms with van der Waals surface area (Å²) >= 11 is 13.2. The Hall–Kier alpha value is -1.82. The van der Waals surface area contributed by atoms with Gasteiger partial charge in [0.25, 0.3) is 5.91 Å². The molecule has 2 unspecified atom stereocenters. The van der Waals surface area contributed by atoms with E-state index in [1.54, 1.807) is 6.92 Å². The van der Waals surface area contributed by atoms with Crippen LogP contribution < -0.4 is 10.2 Å². The van der Waals surface area contributed by atoms with E-state index >= 15 is 0 Å². The number of carboxylic acid groups (broad SMARTS) is 1. The number of aryl methyl sites for hydroxylation is 1. The normalized spacial score (nSPS) is 19.7. The number of aromatic carboxylic acids is 1. The van der Waals surface area contributed by atoms with Crippen LogP contribution in [0.4, 0.5) is 5.13 Å². The number of piperidine rings is 1. The van der Waals surface area contributed by atoms with Gasteiger partial charge in [-0.05, 0) is 13.3 Å². The Balaban J connectivity index is 1.79. The number of halogens is 2. The number of hydrogen-bond acceptors (Lipinski definition) is 7. The Kier molecular flexibility index (Phi) is 6.66. The largest absolute Gasteiger partial charge is 0.477 e. The summed E-state index contributed by atoms with van der Waals surface area (Å²) in [6, 6.07) is -0.416. The molecule has 0 bridgehead atoms. The molecule has 1 saturated heterocycles. The second kappa shape index (κ2) is 8.74. The zero-order valence-electron chi connectivity index (χ0n) is 16.1. The Bertz CT molecular complexity index is 1080. The first kappa shape index (κ1) is 22.9. The van der Waals surface area contributed by atoms with Gasteiger partial charge in [-0.15, -0.1) is 0 Å². The average Bonchev–Trinajstić information content (AvgIpc) is 3.23. The van der Waals surface area contributed by atoms with Crippen LogP contribution in [-0.2, 0) is 9.84 Å². The van der Waals surface area contributed by atoms with E-state index in [9.17, 15) is 18.0 Å². The molecule has 3 rings (SSSR count). The van der Waals surface area contributed by atoms with Gasteiger partial charge in [0, 0.05) is 37.0 Å². The van der Waals surface area contributed by atoms with Crippen LogP contribution in [0.3, 0.4) is 0 Å². The highest BCUT2D eigenvalue weighted by molar-refractivity contribution is 7.90. The van der Waals surface area contributed by atoms with Gasteiger partial charge in [-0.1, -0.05) is 34.5 Å². The van der Waals surface area contributed by atoms with E-state index in [0.29, 0.717) is 30.3 Å². The van der Waals surface area contributed by atoms with Crippen molar-refractivity contribution in [3.63, 3.8) is 0 Å². The summed E-state index contributed by atoms with van der Waals surface area (Å²) in [5, 5.41) is 12.9. The second-order valence-electron chi connectivity index (χ2n) is 7.23. The van der Waals surface area contributed by atoms with E-state index < -0.39 is 33.7 Å². The molecule has 2 aromatic rings. The van der Waals surface area contributed by atoms with Gasteiger partial charge in [-0.3, -0.25) is 4.79 Å². The van der Waals surface area contributed by atoms with E-state index in [2.05, 4.69) is 15.3 Å². The number of anilines is 1. The van der Waals surface area contributed by atoms with Gasteiger partial charge in [-0.2, -0.15) is 0 Å². The molecule has 1 aliphatic heterocycles. The molecule has 2 aromatic heterocycles. The average molecular weight is 495 g/mol. The first-order valence-electron chi connectivity index (χ1n) is 8.92. The van der Waals surface area contributed by atoms with Crippen molar-refractivity contribution < 1.29 is 23.1 Å². The van der Waals surface area contributed by atoms with Crippen molar-refractivity contribution in [1.29, 1.82) is 0 Å². The number of nitrogens with one attached hydrogen (secondary N) is 2. The minimum absolute atomic E-state index is 0.105. The predicted molar refractivity (Wildman–Crippen MR) is 116 cm³/mol. The minimum atomic E-state index is -3.33. The third-order valence-corrected chi connectivity index (χ3v) is 7.85. The molecule has 0 saturated carbocycles. The molecule has 30 heavy (non-hydrogen) atoms. The smallest absolute Gasteiger partial charge is 0.347 e. The lowest BCUT2D eigenvalue weighted by molar-refractivity contribution is 0.0701. The quantitative estimate of drug-likeness (QED) is 0.561. The van der Waals surface area contributed by atoms with Crippen molar-refractivity contribution in [1.82, 2.24) is 15.3 Å².